The molecule has 0 saturated carbocycles. The zero-order valence-corrected chi connectivity index (χ0v) is 8.50. The van der Waals surface area contributed by atoms with E-state index < -0.39 is 0 Å². The van der Waals surface area contributed by atoms with Gasteiger partial charge >= 0.3 is 0 Å². The van der Waals surface area contributed by atoms with Crippen molar-refractivity contribution in [2.75, 3.05) is 6.54 Å². The third kappa shape index (κ3) is 5.68. The molecule has 1 aliphatic heterocycles. The standard InChI is InChI=1S/C9H19NO.C2H2/c1-2-3-4-8-7-9(11)5-6-10-8;1-2/h8-11H,2-7H2,1H3;1-2H. The van der Waals surface area contributed by atoms with E-state index in [1.165, 1.54) is 19.3 Å². The van der Waals surface area contributed by atoms with Gasteiger partial charge in [-0.1, -0.05) is 19.8 Å². The first-order chi connectivity index (χ1) is 6.33. The zero-order valence-electron chi connectivity index (χ0n) is 8.50. The second kappa shape index (κ2) is 8.10. The first-order valence-corrected chi connectivity index (χ1v) is 5.07. The van der Waals surface area contributed by atoms with Crippen LogP contribution in [0, 0.1) is 12.8 Å². The molecule has 0 radical (unpaired) electrons. The molecule has 0 aromatic rings. The van der Waals surface area contributed by atoms with Crippen molar-refractivity contribution >= 4 is 0 Å². The van der Waals surface area contributed by atoms with E-state index in [2.05, 4.69) is 25.1 Å². The van der Waals surface area contributed by atoms with E-state index in [0.29, 0.717) is 6.04 Å². The van der Waals surface area contributed by atoms with Gasteiger partial charge in [-0.25, -0.2) is 0 Å². The van der Waals surface area contributed by atoms with Gasteiger partial charge in [-0.3, -0.25) is 0 Å². The number of hydrogen-bond donors (Lipinski definition) is 2. The lowest BCUT2D eigenvalue weighted by molar-refractivity contribution is 0.114. The number of rotatable bonds is 3. The molecule has 1 saturated heterocycles. The summed E-state index contributed by atoms with van der Waals surface area (Å²) in [5.74, 6) is 0. The smallest absolute Gasteiger partial charge is 0.0567 e. The van der Waals surface area contributed by atoms with E-state index >= 15 is 0 Å². The summed E-state index contributed by atoms with van der Waals surface area (Å²) < 4.78 is 0. The van der Waals surface area contributed by atoms with Crippen molar-refractivity contribution in [1.82, 2.24) is 5.32 Å². The normalized spacial score (nSPS) is 27.4. The summed E-state index contributed by atoms with van der Waals surface area (Å²) in [6.45, 7) is 3.20. The molecule has 0 bridgehead atoms. The van der Waals surface area contributed by atoms with E-state index in [4.69, 9.17) is 0 Å². The highest BCUT2D eigenvalue weighted by Gasteiger charge is 2.18. The Hall–Kier alpha value is -0.520. The van der Waals surface area contributed by atoms with Gasteiger partial charge in [0.25, 0.3) is 0 Å². The molecule has 2 atom stereocenters. The molecule has 1 fully saturated rings. The maximum absolute atomic E-state index is 9.34. The molecule has 2 nitrogen and oxygen atoms in total. The van der Waals surface area contributed by atoms with Crippen LogP contribution in [-0.4, -0.2) is 23.8 Å². The van der Waals surface area contributed by atoms with Crippen molar-refractivity contribution in [3.63, 3.8) is 0 Å². The fraction of sp³-hybridized carbons (Fsp3) is 0.818. The quantitative estimate of drug-likeness (QED) is 0.650. The summed E-state index contributed by atoms with van der Waals surface area (Å²) in [6, 6.07) is 0.582. The summed E-state index contributed by atoms with van der Waals surface area (Å²) in [7, 11) is 0. The van der Waals surface area contributed by atoms with Crippen molar-refractivity contribution in [3.05, 3.63) is 0 Å². The van der Waals surface area contributed by atoms with Crippen LogP contribution in [0.5, 0.6) is 0 Å². The molecule has 1 rings (SSSR count). The lowest BCUT2D eigenvalue weighted by Crippen LogP contribution is -2.40. The highest BCUT2D eigenvalue weighted by atomic mass is 16.3. The van der Waals surface area contributed by atoms with Crippen molar-refractivity contribution < 1.29 is 5.11 Å². The molecule has 2 N–H and O–H groups in total. The molecule has 13 heavy (non-hydrogen) atoms. The average Bonchev–Trinajstić information content (AvgIpc) is 2.18. The average molecular weight is 183 g/mol. The number of unbranched alkanes of at least 4 members (excludes halogenated alkanes) is 1. The molecule has 0 spiro atoms. The number of nitrogens with one attached hydrogen (secondary N) is 1. The monoisotopic (exact) mass is 183 g/mol. The molecule has 2 heteroatoms. The Labute approximate surface area is 81.7 Å². The van der Waals surface area contributed by atoms with Crippen LogP contribution in [0.25, 0.3) is 0 Å². The molecule has 0 aromatic carbocycles. The van der Waals surface area contributed by atoms with Crippen LogP contribution < -0.4 is 5.32 Å². The highest BCUT2D eigenvalue weighted by molar-refractivity contribution is 4.77. The van der Waals surface area contributed by atoms with E-state index in [0.717, 1.165) is 19.4 Å². The topological polar surface area (TPSA) is 32.3 Å². The van der Waals surface area contributed by atoms with Gasteiger partial charge in [-0.15, -0.1) is 12.8 Å². The predicted molar refractivity (Wildman–Crippen MR) is 56.4 cm³/mol. The maximum Gasteiger partial charge on any atom is 0.0567 e. The van der Waals surface area contributed by atoms with Gasteiger partial charge in [0.05, 0.1) is 6.10 Å². The first-order valence-electron chi connectivity index (χ1n) is 5.07. The lowest BCUT2D eigenvalue weighted by atomic mass is 9.98. The molecule has 1 aliphatic rings. The zero-order chi connectivity index (χ0) is 10.1. The Morgan fingerprint density at radius 1 is 1.46 bits per heavy atom. The van der Waals surface area contributed by atoms with Gasteiger partial charge in [-0.2, -0.15) is 0 Å². The summed E-state index contributed by atoms with van der Waals surface area (Å²) >= 11 is 0. The van der Waals surface area contributed by atoms with Gasteiger partial charge in [0.15, 0.2) is 0 Å². The fourth-order valence-corrected chi connectivity index (χ4v) is 1.65. The Balaban J connectivity index is 0.000000671. The first kappa shape index (κ1) is 12.5. The molecular formula is C11H21NO. The third-order valence-corrected chi connectivity index (χ3v) is 2.37. The van der Waals surface area contributed by atoms with Gasteiger partial charge < -0.3 is 10.4 Å². The molecule has 0 aliphatic carbocycles. The number of terminal acetylenes is 1. The summed E-state index contributed by atoms with van der Waals surface area (Å²) in [6.07, 6.45) is 13.6. The Morgan fingerprint density at radius 3 is 2.69 bits per heavy atom. The van der Waals surface area contributed by atoms with Crippen molar-refractivity contribution in [1.29, 1.82) is 0 Å². The summed E-state index contributed by atoms with van der Waals surface area (Å²) in [5.41, 5.74) is 0. The fourth-order valence-electron chi connectivity index (χ4n) is 1.65. The second-order valence-corrected chi connectivity index (χ2v) is 3.47. The number of hydrogen-bond acceptors (Lipinski definition) is 2. The summed E-state index contributed by atoms with van der Waals surface area (Å²) in [4.78, 5) is 0. The maximum atomic E-state index is 9.34. The second-order valence-electron chi connectivity index (χ2n) is 3.47. The minimum absolute atomic E-state index is 0.0434. The van der Waals surface area contributed by atoms with Crippen LogP contribution in [0.3, 0.4) is 0 Å². The highest BCUT2D eigenvalue weighted by Crippen LogP contribution is 2.13. The molecular weight excluding hydrogens is 162 g/mol. The Bertz CT molecular complexity index is 133. The van der Waals surface area contributed by atoms with E-state index in [-0.39, 0.29) is 6.10 Å². The van der Waals surface area contributed by atoms with Crippen LogP contribution in [0.1, 0.15) is 39.0 Å². The molecule has 2 unspecified atom stereocenters. The van der Waals surface area contributed by atoms with E-state index in [1.54, 1.807) is 0 Å². The number of aliphatic hydroxyl groups excluding tert-OH is 1. The van der Waals surface area contributed by atoms with Crippen LogP contribution in [0.2, 0.25) is 0 Å². The number of piperidine rings is 1. The van der Waals surface area contributed by atoms with Crippen molar-refractivity contribution in [2.45, 2.75) is 51.2 Å². The lowest BCUT2D eigenvalue weighted by Gasteiger charge is -2.27. The predicted octanol–water partition coefficient (Wildman–Crippen LogP) is 1.54. The SMILES string of the molecule is C#C.CCCCC1CC(O)CCN1. The van der Waals surface area contributed by atoms with E-state index in [9.17, 15) is 5.11 Å². The summed E-state index contributed by atoms with van der Waals surface area (Å²) in [5, 5.41) is 12.8. The van der Waals surface area contributed by atoms with Gasteiger partial charge in [0.1, 0.15) is 0 Å². The van der Waals surface area contributed by atoms with Crippen LogP contribution in [0.15, 0.2) is 0 Å². The Kier molecular flexibility index (Phi) is 7.77. The van der Waals surface area contributed by atoms with Gasteiger partial charge in [0, 0.05) is 6.04 Å². The number of aliphatic hydroxyl groups is 1. The van der Waals surface area contributed by atoms with Gasteiger partial charge in [-0.05, 0) is 25.8 Å². The molecule has 76 valence electrons. The minimum atomic E-state index is -0.0434. The largest absolute Gasteiger partial charge is 0.393 e. The molecule has 0 amide bonds. The van der Waals surface area contributed by atoms with Crippen molar-refractivity contribution in [2.24, 2.45) is 0 Å². The third-order valence-electron chi connectivity index (χ3n) is 2.37. The molecule has 1 heterocycles. The van der Waals surface area contributed by atoms with Gasteiger partial charge in [0.2, 0.25) is 0 Å². The molecule has 0 aromatic heterocycles. The van der Waals surface area contributed by atoms with Crippen LogP contribution >= 0.6 is 0 Å². The van der Waals surface area contributed by atoms with Crippen molar-refractivity contribution in [3.8, 4) is 12.8 Å². The van der Waals surface area contributed by atoms with Crippen LogP contribution in [0.4, 0.5) is 0 Å². The van der Waals surface area contributed by atoms with Crippen LogP contribution in [-0.2, 0) is 0 Å². The minimum Gasteiger partial charge on any atom is -0.393 e. The van der Waals surface area contributed by atoms with E-state index in [1.807, 2.05) is 0 Å². The Morgan fingerprint density at radius 2 is 2.15 bits per heavy atom.